The minimum absolute atomic E-state index is 0.00949. The summed E-state index contributed by atoms with van der Waals surface area (Å²) in [6, 6.07) is 7.93. The lowest BCUT2D eigenvalue weighted by atomic mass is 9.93. The molecule has 0 saturated heterocycles. The van der Waals surface area contributed by atoms with Crippen molar-refractivity contribution in [2.24, 2.45) is 0 Å². The highest BCUT2D eigenvalue weighted by Gasteiger charge is 2.32. The Labute approximate surface area is 124 Å². The van der Waals surface area contributed by atoms with Crippen LogP contribution in [0.1, 0.15) is 31.1 Å². The lowest BCUT2D eigenvalue weighted by Crippen LogP contribution is -2.44. The Morgan fingerprint density at radius 1 is 1.33 bits per heavy atom. The fourth-order valence-electron chi connectivity index (χ4n) is 3.03. The largest absolute Gasteiger partial charge is 0.468 e. The summed E-state index contributed by atoms with van der Waals surface area (Å²) in [5, 5.41) is 4.56. The van der Waals surface area contributed by atoms with E-state index in [4.69, 9.17) is 4.74 Å². The van der Waals surface area contributed by atoms with Crippen molar-refractivity contribution in [3.63, 3.8) is 0 Å². The summed E-state index contributed by atoms with van der Waals surface area (Å²) in [4.78, 5) is 15.4. The molecule has 0 fully saturated rings. The zero-order valence-electron chi connectivity index (χ0n) is 12.6. The first-order valence-electron chi connectivity index (χ1n) is 7.18. The maximum Gasteiger partial charge on any atom is 0.323 e. The smallest absolute Gasteiger partial charge is 0.323 e. The van der Waals surface area contributed by atoms with Crippen molar-refractivity contribution >= 4 is 16.9 Å². The molecule has 4 nitrogen and oxygen atoms in total. The Balaban J connectivity index is 2.12. The molecule has 0 spiro atoms. The number of benzene rings is 1. The monoisotopic (exact) mass is 284 g/mol. The van der Waals surface area contributed by atoms with E-state index in [1.807, 2.05) is 12.1 Å². The van der Waals surface area contributed by atoms with Crippen LogP contribution >= 0.6 is 0 Å². The summed E-state index contributed by atoms with van der Waals surface area (Å²) in [6.07, 6.45) is 2.79. The van der Waals surface area contributed by atoms with Crippen LogP contribution in [-0.4, -0.2) is 24.1 Å². The van der Waals surface area contributed by atoms with Crippen LogP contribution in [0.15, 0.2) is 35.9 Å². The highest BCUT2D eigenvalue weighted by molar-refractivity contribution is 5.87. The van der Waals surface area contributed by atoms with E-state index in [0.29, 0.717) is 6.42 Å². The number of aromatic nitrogens is 1. The van der Waals surface area contributed by atoms with Gasteiger partial charge in [-0.1, -0.05) is 29.8 Å². The molecule has 0 amide bonds. The molecule has 0 aliphatic carbocycles. The number of carbonyl (C=O) groups is 1. The van der Waals surface area contributed by atoms with E-state index in [1.165, 1.54) is 23.6 Å². The molecule has 0 bridgehead atoms. The van der Waals surface area contributed by atoms with Crippen molar-refractivity contribution in [3.05, 3.63) is 47.2 Å². The highest BCUT2D eigenvalue weighted by Crippen LogP contribution is 2.33. The Morgan fingerprint density at radius 2 is 2.10 bits per heavy atom. The number of esters is 1. The van der Waals surface area contributed by atoms with Gasteiger partial charge in [0.1, 0.15) is 6.04 Å². The molecule has 0 radical (unpaired) electrons. The van der Waals surface area contributed by atoms with Crippen molar-refractivity contribution in [2.45, 2.75) is 32.4 Å². The van der Waals surface area contributed by atoms with Crippen molar-refractivity contribution in [2.75, 3.05) is 7.11 Å². The summed E-state index contributed by atoms with van der Waals surface area (Å²) in [5.41, 5.74) is 4.68. The Kier molecular flexibility index (Phi) is 3.55. The van der Waals surface area contributed by atoms with Gasteiger partial charge in [-0.2, -0.15) is 0 Å². The average molecular weight is 284 g/mol. The minimum Gasteiger partial charge on any atom is -0.468 e. The van der Waals surface area contributed by atoms with Gasteiger partial charge in [0.25, 0.3) is 0 Å². The zero-order valence-corrected chi connectivity index (χ0v) is 12.6. The molecule has 2 heterocycles. The first-order valence-corrected chi connectivity index (χ1v) is 7.18. The summed E-state index contributed by atoms with van der Waals surface area (Å²) < 4.78 is 4.91. The van der Waals surface area contributed by atoms with Crippen molar-refractivity contribution in [3.8, 4) is 0 Å². The molecule has 2 N–H and O–H groups in total. The van der Waals surface area contributed by atoms with Crippen LogP contribution < -0.4 is 5.32 Å². The van der Waals surface area contributed by atoms with Crippen LogP contribution in [-0.2, 0) is 16.0 Å². The molecule has 1 aliphatic rings. The number of methoxy groups -OCH3 is 1. The second-order valence-electron chi connectivity index (χ2n) is 5.73. The zero-order chi connectivity index (χ0) is 15.0. The standard InChI is InChI=1S/C17H20N2O2/c1-10(2)8-14-16-12(9-15(18-14)17(20)21-3)11-6-4-5-7-13(11)19-16/h4-8,14-15,18-19H,9H2,1-3H3. The molecule has 2 unspecified atom stereocenters. The molecule has 2 atom stereocenters. The first-order chi connectivity index (χ1) is 10.1. The molecule has 3 rings (SSSR count). The summed E-state index contributed by atoms with van der Waals surface area (Å²) >= 11 is 0. The number of hydrogen-bond acceptors (Lipinski definition) is 3. The maximum atomic E-state index is 12.0. The number of ether oxygens (including phenoxy) is 1. The van der Waals surface area contributed by atoms with E-state index < -0.39 is 0 Å². The van der Waals surface area contributed by atoms with Gasteiger partial charge in [0.15, 0.2) is 0 Å². The number of carbonyl (C=O) groups excluding carboxylic acids is 1. The van der Waals surface area contributed by atoms with Crippen LogP contribution in [0.2, 0.25) is 0 Å². The third kappa shape index (κ3) is 2.47. The molecule has 1 aromatic heterocycles. The normalized spacial score (nSPS) is 20.9. The lowest BCUT2D eigenvalue weighted by Gasteiger charge is -2.28. The van der Waals surface area contributed by atoms with Crippen LogP contribution in [0.5, 0.6) is 0 Å². The molecule has 0 saturated carbocycles. The number of aromatic amines is 1. The number of fused-ring (bicyclic) bond motifs is 3. The second-order valence-corrected chi connectivity index (χ2v) is 5.73. The van der Waals surface area contributed by atoms with Gasteiger partial charge in [0, 0.05) is 23.0 Å². The van der Waals surface area contributed by atoms with Gasteiger partial charge in [-0.05, 0) is 25.5 Å². The third-order valence-corrected chi connectivity index (χ3v) is 3.93. The molecule has 4 heteroatoms. The number of nitrogens with one attached hydrogen (secondary N) is 2. The van der Waals surface area contributed by atoms with Gasteiger partial charge in [-0.25, -0.2) is 0 Å². The predicted molar refractivity (Wildman–Crippen MR) is 83.1 cm³/mol. The van der Waals surface area contributed by atoms with E-state index in [1.54, 1.807) is 0 Å². The predicted octanol–water partition coefficient (Wildman–Crippen LogP) is 2.86. The van der Waals surface area contributed by atoms with Gasteiger partial charge in [0.2, 0.25) is 0 Å². The van der Waals surface area contributed by atoms with Crippen LogP contribution in [0.3, 0.4) is 0 Å². The quantitative estimate of drug-likeness (QED) is 0.658. The molecular weight excluding hydrogens is 264 g/mol. The Morgan fingerprint density at radius 3 is 2.81 bits per heavy atom. The van der Waals surface area contributed by atoms with Gasteiger partial charge < -0.3 is 9.72 Å². The number of hydrogen-bond donors (Lipinski definition) is 2. The molecular formula is C17H20N2O2. The SMILES string of the molecule is COC(=O)C1Cc2c([nH]c3ccccc23)C(C=C(C)C)N1. The molecule has 2 aromatic rings. The fourth-order valence-corrected chi connectivity index (χ4v) is 3.03. The Bertz CT molecular complexity index is 711. The molecule has 1 aromatic carbocycles. The van der Waals surface area contributed by atoms with Crippen LogP contribution in [0, 0.1) is 0 Å². The van der Waals surface area contributed by atoms with Crippen LogP contribution in [0.4, 0.5) is 0 Å². The summed E-state index contributed by atoms with van der Waals surface area (Å²) in [5.74, 6) is -0.210. The summed E-state index contributed by atoms with van der Waals surface area (Å²) in [6.45, 7) is 4.12. The van der Waals surface area contributed by atoms with Crippen molar-refractivity contribution in [1.82, 2.24) is 10.3 Å². The highest BCUT2D eigenvalue weighted by atomic mass is 16.5. The van der Waals surface area contributed by atoms with Gasteiger partial charge in [-0.15, -0.1) is 0 Å². The van der Waals surface area contributed by atoms with E-state index in [2.05, 4.69) is 42.4 Å². The number of H-pyrrole nitrogens is 1. The molecule has 110 valence electrons. The number of rotatable bonds is 2. The van der Waals surface area contributed by atoms with Crippen LogP contribution in [0.25, 0.3) is 10.9 Å². The molecule has 1 aliphatic heterocycles. The second kappa shape index (κ2) is 5.37. The van der Waals surface area contributed by atoms with E-state index >= 15 is 0 Å². The third-order valence-electron chi connectivity index (χ3n) is 3.93. The first kappa shape index (κ1) is 13.9. The van der Waals surface area contributed by atoms with E-state index in [0.717, 1.165) is 11.2 Å². The van der Waals surface area contributed by atoms with Gasteiger partial charge >= 0.3 is 5.97 Å². The number of allylic oxidation sites excluding steroid dienone is 1. The Hall–Kier alpha value is -2.07. The van der Waals surface area contributed by atoms with Gasteiger partial charge in [0.05, 0.1) is 13.2 Å². The topological polar surface area (TPSA) is 54.1 Å². The summed E-state index contributed by atoms with van der Waals surface area (Å²) in [7, 11) is 1.44. The minimum atomic E-state index is -0.303. The van der Waals surface area contributed by atoms with E-state index in [9.17, 15) is 4.79 Å². The van der Waals surface area contributed by atoms with Gasteiger partial charge in [-0.3, -0.25) is 10.1 Å². The lowest BCUT2D eigenvalue weighted by molar-refractivity contribution is -0.143. The van der Waals surface area contributed by atoms with E-state index in [-0.39, 0.29) is 18.1 Å². The number of para-hydroxylation sites is 1. The van der Waals surface area contributed by atoms with Crippen molar-refractivity contribution < 1.29 is 9.53 Å². The maximum absolute atomic E-state index is 12.0. The van der Waals surface area contributed by atoms with Crippen molar-refractivity contribution in [1.29, 1.82) is 0 Å². The fraction of sp³-hybridized carbons (Fsp3) is 0.353. The molecule has 21 heavy (non-hydrogen) atoms. The average Bonchev–Trinajstić information content (AvgIpc) is 2.85.